The summed E-state index contributed by atoms with van der Waals surface area (Å²) in [6.45, 7) is 1.74. The summed E-state index contributed by atoms with van der Waals surface area (Å²) in [6.07, 6.45) is -4.73. The summed E-state index contributed by atoms with van der Waals surface area (Å²) in [5.41, 5.74) is 1.76. The van der Waals surface area contributed by atoms with E-state index in [0.29, 0.717) is 10.5 Å². The number of carbonyl (C=O) groups excluding carboxylic acids is 1. The lowest BCUT2D eigenvalue weighted by Gasteiger charge is -2.19. The normalized spacial score (nSPS) is 14.2. The van der Waals surface area contributed by atoms with Crippen LogP contribution in [0.15, 0.2) is 47.4 Å². The summed E-state index contributed by atoms with van der Waals surface area (Å²) >= 11 is 0. The lowest BCUT2D eigenvalue weighted by Crippen LogP contribution is -2.40. The molecule has 3 rings (SSSR count). The van der Waals surface area contributed by atoms with Gasteiger partial charge in [0.25, 0.3) is 10.0 Å². The predicted octanol–water partition coefficient (Wildman–Crippen LogP) is 3.25. The van der Waals surface area contributed by atoms with Crippen molar-refractivity contribution in [2.75, 3.05) is 16.2 Å². The molecule has 0 spiro atoms. The number of nitrogens with one attached hydrogen (secondary N) is 1. The van der Waals surface area contributed by atoms with Gasteiger partial charge in [-0.1, -0.05) is 17.7 Å². The molecule has 1 aliphatic heterocycles. The largest absolute Gasteiger partial charge is 0.471 e. The molecule has 1 N–H and O–H groups in total. The summed E-state index contributed by atoms with van der Waals surface area (Å²) in [7, 11) is -3.81. The zero-order valence-corrected chi connectivity index (χ0v) is 14.5. The van der Waals surface area contributed by atoms with Crippen LogP contribution in [-0.4, -0.2) is 27.0 Å². The number of halogens is 3. The van der Waals surface area contributed by atoms with E-state index < -0.39 is 22.1 Å². The van der Waals surface area contributed by atoms with Gasteiger partial charge in [-0.25, -0.2) is 8.42 Å². The number of carbonyl (C=O) groups is 1. The lowest BCUT2D eigenvalue weighted by atomic mass is 10.1. The molecule has 2 aromatic rings. The third-order valence-electron chi connectivity index (χ3n) is 4.05. The number of sulfonamides is 1. The molecule has 0 fully saturated rings. The Balaban J connectivity index is 1.84. The zero-order chi connectivity index (χ0) is 19.1. The van der Waals surface area contributed by atoms with Crippen LogP contribution in [0.1, 0.15) is 11.1 Å². The summed E-state index contributed by atoms with van der Waals surface area (Å²) in [5, 5.41) is 0. The van der Waals surface area contributed by atoms with Crippen molar-refractivity contribution >= 4 is 27.3 Å². The number of fused-ring (bicyclic) bond motifs is 1. The second kappa shape index (κ2) is 6.31. The maximum absolute atomic E-state index is 12.6. The van der Waals surface area contributed by atoms with Gasteiger partial charge in [0.1, 0.15) is 0 Å². The van der Waals surface area contributed by atoms with E-state index in [9.17, 15) is 26.4 Å². The van der Waals surface area contributed by atoms with E-state index in [1.165, 1.54) is 30.3 Å². The second-order valence-corrected chi connectivity index (χ2v) is 7.65. The van der Waals surface area contributed by atoms with E-state index in [1.807, 2.05) is 6.92 Å². The van der Waals surface area contributed by atoms with Crippen LogP contribution in [0.25, 0.3) is 0 Å². The molecule has 0 saturated carbocycles. The highest BCUT2D eigenvalue weighted by atomic mass is 32.2. The molecule has 5 nitrogen and oxygen atoms in total. The Morgan fingerprint density at radius 2 is 1.77 bits per heavy atom. The highest BCUT2D eigenvalue weighted by Crippen LogP contribution is 2.34. The van der Waals surface area contributed by atoms with Crippen LogP contribution in [0.4, 0.5) is 24.5 Å². The molecule has 1 amide bonds. The Hall–Kier alpha value is -2.55. The van der Waals surface area contributed by atoms with Crippen LogP contribution in [0, 0.1) is 6.92 Å². The minimum atomic E-state index is -4.95. The average molecular weight is 384 g/mol. The average Bonchev–Trinajstić information content (AvgIpc) is 2.96. The molecule has 0 aromatic heterocycles. The van der Waals surface area contributed by atoms with Gasteiger partial charge in [-0.15, -0.1) is 0 Å². The van der Waals surface area contributed by atoms with Crippen LogP contribution < -0.4 is 9.62 Å². The van der Waals surface area contributed by atoms with E-state index in [-0.39, 0.29) is 29.2 Å². The fraction of sp³-hybridized carbons (Fsp3) is 0.235. The molecule has 1 aliphatic rings. The number of amides is 1. The Morgan fingerprint density at radius 3 is 2.38 bits per heavy atom. The van der Waals surface area contributed by atoms with Crippen LogP contribution in [0.5, 0.6) is 0 Å². The molecule has 0 radical (unpaired) electrons. The van der Waals surface area contributed by atoms with Crippen molar-refractivity contribution in [3.05, 3.63) is 53.6 Å². The predicted molar refractivity (Wildman–Crippen MR) is 90.5 cm³/mol. The molecule has 138 valence electrons. The minimum Gasteiger partial charge on any atom is -0.304 e. The van der Waals surface area contributed by atoms with Crippen molar-refractivity contribution in [1.82, 2.24) is 0 Å². The van der Waals surface area contributed by atoms with Crippen molar-refractivity contribution < 1.29 is 26.4 Å². The van der Waals surface area contributed by atoms with Gasteiger partial charge in [0.05, 0.1) is 4.90 Å². The van der Waals surface area contributed by atoms with Crippen LogP contribution in [0.2, 0.25) is 0 Å². The van der Waals surface area contributed by atoms with Crippen molar-refractivity contribution in [3.63, 3.8) is 0 Å². The summed E-state index contributed by atoms with van der Waals surface area (Å²) < 4.78 is 65.1. The van der Waals surface area contributed by atoms with Gasteiger partial charge in [-0.05, 0) is 49.2 Å². The number of aryl methyl sites for hydroxylation is 1. The standard InChI is InChI=1S/C17H15F3N2O3S/c1-11-2-5-14(6-3-11)26(24,25)21-13-4-7-15-12(10-13)8-9-22(15)16(23)17(18,19)20/h2-7,10,21H,8-9H2,1H3. The molecule has 0 aliphatic carbocycles. The van der Waals surface area contributed by atoms with E-state index in [4.69, 9.17) is 0 Å². The quantitative estimate of drug-likeness (QED) is 0.884. The molecule has 1 heterocycles. The molecular formula is C17H15F3N2O3S. The summed E-state index contributed by atoms with van der Waals surface area (Å²) in [6, 6.07) is 10.4. The number of benzene rings is 2. The number of nitrogens with zero attached hydrogens (tertiary/aromatic N) is 1. The molecule has 2 aromatic carbocycles. The van der Waals surface area contributed by atoms with Crippen LogP contribution >= 0.6 is 0 Å². The van der Waals surface area contributed by atoms with E-state index in [1.54, 1.807) is 12.1 Å². The third kappa shape index (κ3) is 3.52. The SMILES string of the molecule is Cc1ccc(S(=O)(=O)Nc2ccc3c(c2)CCN3C(=O)C(F)(F)F)cc1. The van der Waals surface area contributed by atoms with Crippen molar-refractivity contribution in [2.24, 2.45) is 0 Å². The fourth-order valence-electron chi connectivity index (χ4n) is 2.76. The number of hydrogen-bond donors (Lipinski definition) is 1. The van der Waals surface area contributed by atoms with Gasteiger partial charge < -0.3 is 4.90 Å². The van der Waals surface area contributed by atoms with Gasteiger partial charge in [-0.3, -0.25) is 9.52 Å². The molecule has 9 heteroatoms. The zero-order valence-electron chi connectivity index (χ0n) is 13.7. The number of hydrogen-bond acceptors (Lipinski definition) is 3. The van der Waals surface area contributed by atoms with Crippen molar-refractivity contribution in [3.8, 4) is 0 Å². The summed E-state index contributed by atoms with van der Waals surface area (Å²) in [4.78, 5) is 12.2. The molecule has 26 heavy (non-hydrogen) atoms. The first kappa shape index (κ1) is 18.2. The third-order valence-corrected chi connectivity index (χ3v) is 5.44. The molecule has 0 bridgehead atoms. The minimum absolute atomic E-state index is 0.0810. The second-order valence-electron chi connectivity index (χ2n) is 5.97. The number of alkyl halides is 3. The lowest BCUT2D eigenvalue weighted by molar-refractivity contribution is -0.170. The Labute approximate surface area is 148 Å². The van der Waals surface area contributed by atoms with E-state index >= 15 is 0 Å². The maximum Gasteiger partial charge on any atom is 0.471 e. The van der Waals surface area contributed by atoms with Crippen molar-refractivity contribution in [1.29, 1.82) is 0 Å². The van der Waals surface area contributed by atoms with Crippen LogP contribution in [0.3, 0.4) is 0 Å². The Bertz CT molecular complexity index is 954. The van der Waals surface area contributed by atoms with Gasteiger partial charge in [0.2, 0.25) is 0 Å². The molecule has 0 unspecified atom stereocenters. The summed E-state index contributed by atoms with van der Waals surface area (Å²) in [5.74, 6) is -1.93. The van der Waals surface area contributed by atoms with Gasteiger partial charge >= 0.3 is 12.1 Å². The van der Waals surface area contributed by atoms with Crippen LogP contribution in [-0.2, 0) is 21.2 Å². The molecule has 0 atom stereocenters. The monoisotopic (exact) mass is 384 g/mol. The first-order valence-electron chi connectivity index (χ1n) is 7.69. The maximum atomic E-state index is 12.6. The number of anilines is 2. The Morgan fingerprint density at radius 1 is 1.12 bits per heavy atom. The van der Waals surface area contributed by atoms with E-state index in [0.717, 1.165) is 5.56 Å². The highest BCUT2D eigenvalue weighted by Gasteiger charge is 2.44. The van der Waals surface area contributed by atoms with Gasteiger partial charge in [0.15, 0.2) is 0 Å². The molecule has 0 saturated heterocycles. The Kier molecular flexibility index (Phi) is 4.43. The smallest absolute Gasteiger partial charge is 0.304 e. The topological polar surface area (TPSA) is 66.5 Å². The van der Waals surface area contributed by atoms with Gasteiger partial charge in [-0.2, -0.15) is 13.2 Å². The molecular weight excluding hydrogens is 369 g/mol. The van der Waals surface area contributed by atoms with Crippen molar-refractivity contribution in [2.45, 2.75) is 24.4 Å². The van der Waals surface area contributed by atoms with E-state index in [2.05, 4.69) is 4.72 Å². The first-order valence-corrected chi connectivity index (χ1v) is 9.17. The number of rotatable bonds is 3. The highest BCUT2D eigenvalue weighted by molar-refractivity contribution is 7.92. The van der Waals surface area contributed by atoms with Gasteiger partial charge in [0, 0.05) is 17.9 Å². The fourth-order valence-corrected chi connectivity index (χ4v) is 3.81. The first-order chi connectivity index (χ1) is 12.1.